The number of hydrogen-bond donors (Lipinski definition) is 2. The summed E-state index contributed by atoms with van der Waals surface area (Å²) in [5.41, 5.74) is 1.80. The molecule has 2 bridgehead atoms. The minimum Gasteiger partial charge on any atom is -0.379 e. The number of morpholine rings is 1. The van der Waals surface area contributed by atoms with Crippen LogP contribution in [0.2, 0.25) is 0 Å². The Morgan fingerprint density at radius 1 is 1.03 bits per heavy atom. The molecule has 9 heteroatoms. The third kappa shape index (κ3) is 4.78. The zero-order chi connectivity index (χ0) is 27.1. The van der Waals surface area contributed by atoms with Crippen LogP contribution in [0.15, 0.2) is 30.4 Å². The second kappa shape index (κ2) is 10.7. The molecule has 1 aromatic rings. The van der Waals surface area contributed by atoms with Crippen molar-refractivity contribution in [1.82, 2.24) is 15.1 Å². The summed E-state index contributed by atoms with van der Waals surface area (Å²) in [6.07, 6.45) is 8.53. The molecular formula is C30H40N4O5. The molecule has 2 N–H and O–H groups in total. The van der Waals surface area contributed by atoms with Crippen LogP contribution in [-0.4, -0.2) is 90.7 Å². The second-order valence-electron chi connectivity index (χ2n) is 11.8. The minimum atomic E-state index is -1.13. The van der Waals surface area contributed by atoms with Crippen molar-refractivity contribution >= 4 is 23.4 Å². The number of ether oxygens (including phenoxy) is 2. The van der Waals surface area contributed by atoms with Gasteiger partial charge in [0.05, 0.1) is 31.2 Å². The van der Waals surface area contributed by atoms with E-state index in [0.29, 0.717) is 32.0 Å². The number of anilines is 1. The van der Waals surface area contributed by atoms with Gasteiger partial charge in [-0.15, -0.1) is 0 Å². The largest absolute Gasteiger partial charge is 0.379 e. The Morgan fingerprint density at radius 3 is 2.54 bits per heavy atom. The summed E-state index contributed by atoms with van der Waals surface area (Å²) in [4.78, 5) is 45.7. The fourth-order valence-corrected chi connectivity index (χ4v) is 7.15. The van der Waals surface area contributed by atoms with Crippen molar-refractivity contribution in [3.05, 3.63) is 41.5 Å². The van der Waals surface area contributed by atoms with Gasteiger partial charge in [-0.25, -0.2) is 0 Å². The first-order valence-electron chi connectivity index (χ1n) is 14.5. The number of rotatable bonds is 7. The van der Waals surface area contributed by atoms with Crippen LogP contribution in [-0.2, 0) is 23.9 Å². The maximum Gasteiger partial charge on any atom is 0.246 e. The third-order valence-corrected chi connectivity index (χ3v) is 9.41. The van der Waals surface area contributed by atoms with Gasteiger partial charge in [0.25, 0.3) is 0 Å². The average molecular weight is 537 g/mol. The zero-order valence-corrected chi connectivity index (χ0v) is 23.0. The lowest BCUT2D eigenvalue weighted by Gasteiger charge is -2.35. The average Bonchev–Trinajstić information content (AvgIpc) is 3.58. The number of benzene rings is 1. The van der Waals surface area contributed by atoms with E-state index in [1.54, 1.807) is 4.90 Å². The fourth-order valence-electron chi connectivity index (χ4n) is 7.15. The van der Waals surface area contributed by atoms with Crippen LogP contribution in [0.1, 0.15) is 43.2 Å². The Labute approximate surface area is 230 Å². The van der Waals surface area contributed by atoms with E-state index in [-0.39, 0.29) is 23.8 Å². The zero-order valence-electron chi connectivity index (χ0n) is 23.0. The van der Waals surface area contributed by atoms with Gasteiger partial charge in [0.15, 0.2) is 0 Å². The quantitative estimate of drug-likeness (QED) is 0.519. The molecule has 1 aromatic carbocycles. The van der Waals surface area contributed by atoms with Gasteiger partial charge >= 0.3 is 0 Å². The van der Waals surface area contributed by atoms with Gasteiger partial charge in [0.2, 0.25) is 17.7 Å². The molecule has 0 aromatic heterocycles. The van der Waals surface area contributed by atoms with E-state index in [4.69, 9.17) is 9.47 Å². The third-order valence-electron chi connectivity index (χ3n) is 9.41. The van der Waals surface area contributed by atoms with E-state index >= 15 is 0 Å². The molecule has 3 amide bonds. The Hall–Kier alpha value is -2.75. The lowest BCUT2D eigenvalue weighted by molar-refractivity contribution is -0.141. The van der Waals surface area contributed by atoms with E-state index in [0.717, 1.165) is 49.9 Å². The number of amides is 3. The number of likely N-dealkylation sites (tertiary alicyclic amines) is 1. The van der Waals surface area contributed by atoms with Crippen LogP contribution >= 0.6 is 0 Å². The summed E-state index contributed by atoms with van der Waals surface area (Å²) in [6.45, 7) is 8.03. The first-order valence-corrected chi connectivity index (χ1v) is 14.5. The van der Waals surface area contributed by atoms with Gasteiger partial charge in [-0.3, -0.25) is 19.3 Å². The predicted octanol–water partition coefficient (Wildman–Crippen LogP) is 2.17. The summed E-state index contributed by atoms with van der Waals surface area (Å²) in [7, 11) is 0. The second-order valence-corrected chi connectivity index (χ2v) is 11.8. The van der Waals surface area contributed by atoms with Crippen molar-refractivity contribution in [2.45, 2.75) is 69.7 Å². The molecular weight excluding hydrogens is 496 g/mol. The number of carbonyl (C=O) groups excluding carboxylic acids is 3. The molecule has 4 heterocycles. The number of aryl methyl sites for hydroxylation is 2. The van der Waals surface area contributed by atoms with Crippen LogP contribution in [0.5, 0.6) is 0 Å². The maximum absolute atomic E-state index is 14.1. The molecule has 4 fully saturated rings. The Balaban J connectivity index is 1.26. The first kappa shape index (κ1) is 26.5. The smallest absolute Gasteiger partial charge is 0.246 e. The molecule has 5 aliphatic rings. The highest BCUT2D eigenvalue weighted by atomic mass is 16.5. The van der Waals surface area contributed by atoms with E-state index in [1.165, 1.54) is 6.42 Å². The molecule has 3 saturated heterocycles. The van der Waals surface area contributed by atoms with Gasteiger partial charge in [-0.1, -0.05) is 37.5 Å². The lowest BCUT2D eigenvalue weighted by atomic mass is 9.74. The Bertz CT molecular complexity index is 1160. The van der Waals surface area contributed by atoms with Crippen LogP contribution in [0.3, 0.4) is 0 Å². The molecule has 0 radical (unpaired) electrons. The normalized spacial score (nSPS) is 32.5. The highest BCUT2D eigenvalue weighted by Gasteiger charge is 2.72. The Morgan fingerprint density at radius 2 is 1.79 bits per heavy atom. The Kier molecular flexibility index (Phi) is 7.24. The van der Waals surface area contributed by atoms with E-state index < -0.39 is 29.6 Å². The molecule has 39 heavy (non-hydrogen) atoms. The van der Waals surface area contributed by atoms with Crippen molar-refractivity contribution in [2.75, 3.05) is 44.7 Å². The number of nitrogens with zero attached hydrogens (tertiary/aromatic N) is 2. The van der Waals surface area contributed by atoms with Gasteiger partial charge < -0.3 is 25.0 Å². The van der Waals surface area contributed by atoms with Crippen molar-refractivity contribution < 1.29 is 23.9 Å². The molecule has 9 nitrogen and oxygen atoms in total. The molecule has 210 valence electrons. The fraction of sp³-hybridized carbons (Fsp3) is 0.633. The van der Waals surface area contributed by atoms with Crippen LogP contribution in [0, 0.1) is 25.7 Å². The number of fused-ring (bicyclic) bond motifs is 1. The molecule has 1 spiro atoms. The number of nitrogens with one attached hydrogen (secondary N) is 2. The standard InChI is InChI=1S/C30H40N4O5/c1-19-8-9-22(18-20(19)2)32-27(35)24-23-10-11-30(39-23)25(24)29(37)34(13-12-33-14-16-38-17-15-33)26(30)28(36)31-21-6-4-3-5-7-21/h8-11,18,21,23-26H,3-7,12-17H2,1-2H3,(H,31,36)(H,32,35)/t23-,24?,25-,26?,30?/m1/s1. The van der Waals surface area contributed by atoms with Crippen molar-refractivity contribution in [1.29, 1.82) is 0 Å². The van der Waals surface area contributed by atoms with Crippen LogP contribution in [0.4, 0.5) is 5.69 Å². The highest BCUT2D eigenvalue weighted by molar-refractivity contribution is 6.02. The van der Waals surface area contributed by atoms with E-state index in [9.17, 15) is 14.4 Å². The highest BCUT2D eigenvalue weighted by Crippen LogP contribution is 2.55. The van der Waals surface area contributed by atoms with Crippen molar-refractivity contribution in [2.24, 2.45) is 11.8 Å². The topological polar surface area (TPSA) is 100 Å². The lowest BCUT2D eigenvalue weighted by Crippen LogP contribution is -2.57. The molecule has 1 aliphatic carbocycles. The summed E-state index contributed by atoms with van der Waals surface area (Å²) >= 11 is 0. The summed E-state index contributed by atoms with van der Waals surface area (Å²) < 4.78 is 12.0. The van der Waals surface area contributed by atoms with Gasteiger partial charge in [-0.2, -0.15) is 0 Å². The number of carbonyl (C=O) groups is 3. The minimum absolute atomic E-state index is 0.115. The SMILES string of the molecule is Cc1ccc(NC(=O)C2[C@H]3C=CC4(O3)C(C(=O)NC3CCCCC3)N(CCN3CCOCC3)C(=O)[C@@H]24)cc1C. The van der Waals surface area contributed by atoms with Gasteiger partial charge in [0.1, 0.15) is 11.6 Å². The predicted molar refractivity (Wildman–Crippen MR) is 146 cm³/mol. The van der Waals surface area contributed by atoms with Gasteiger partial charge in [-0.05, 0) is 49.9 Å². The maximum atomic E-state index is 14.1. The molecule has 5 atom stereocenters. The summed E-state index contributed by atoms with van der Waals surface area (Å²) in [5.74, 6) is -2.00. The van der Waals surface area contributed by atoms with Crippen LogP contribution in [0.25, 0.3) is 0 Å². The molecule has 3 unspecified atom stereocenters. The van der Waals surface area contributed by atoms with E-state index in [1.807, 2.05) is 44.2 Å². The molecule has 4 aliphatic heterocycles. The monoisotopic (exact) mass is 536 g/mol. The summed E-state index contributed by atoms with van der Waals surface area (Å²) in [5, 5.41) is 6.28. The number of hydrogen-bond acceptors (Lipinski definition) is 6. The first-order chi connectivity index (χ1) is 18.9. The molecule has 1 saturated carbocycles. The van der Waals surface area contributed by atoms with Crippen molar-refractivity contribution in [3.8, 4) is 0 Å². The van der Waals surface area contributed by atoms with E-state index in [2.05, 4.69) is 15.5 Å². The van der Waals surface area contributed by atoms with Gasteiger partial charge in [0, 0.05) is 37.9 Å². The summed E-state index contributed by atoms with van der Waals surface area (Å²) in [6, 6.07) is 5.12. The molecule has 6 rings (SSSR count). The van der Waals surface area contributed by atoms with Crippen LogP contribution < -0.4 is 10.6 Å². The van der Waals surface area contributed by atoms with Crippen molar-refractivity contribution in [3.63, 3.8) is 0 Å².